The van der Waals surface area contributed by atoms with E-state index < -0.39 is 11.4 Å². The second-order valence-electron chi connectivity index (χ2n) is 7.25. The maximum absolute atomic E-state index is 12.6. The number of alkyl halides is 1. The third kappa shape index (κ3) is 4.51. The highest BCUT2D eigenvalue weighted by atomic mass is 35.5. The van der Waals surface area contributed by atoms with Crippen LogP contribution in [0.1, 0.15) is 44.6 Å². The molecule has 2 aromatic rings. The minimum atomic E-state index is -1.13. The molecule has 0 N–H and O–H groups in total. The summed E-state index contributed by atoms with van der Waals surface area (Å²) in [6.45, 7) is 2.17. The molecule has 3 nitrogen and oxygen atoms in total. The summed E-state index contributed by atoms with van der Waals surface area (Å²) in [4.78, 5) is 12.6. The van der Waals surface area contributed by atoms with Crippen molar-refractivity contribution in [3.05, 3.63) is 54.1 Å². The number of hydrogen-bond donors (Lipinski definition) is 0. The number of nitriles is 1. The van der Waals surface area contributed by atoms with Crippen molar-refractivity contribution in [3.8, 4) is 22.9 Å². The number of rotatable bonds is 5. The summed E-state index contributed by atoms with van der Waals surface area (Å²) in [5.41, 5.74) is 2.39. The van der Waals surface area contributed by atoms with Crippen molar-refractivity contribution >= 4 is 17.6 Å². The van der Waals surface area contributed by atoms with E-state index in [-0.39, 0.29) is 5.38 Å². The number of nitrogens with zero attached hydrogens (tertiary/aromatic N) is 1. The van der Waals surface area contributed by atoms with Crippen LogP contribution in [0.3, 0.4) is 0 Å². The number of hydrogen-bond acceptors (Lipinski definition) is 3. The van der Waals surface area contributed by atoms with Crippen LogP contribution in [-0.2, 0) is 11.2 Å². The minimum Gasteiger partial charge on any atom is -0.425 e. The number of carbonyl (C=O) groups excluding carboxylic acids is 1. The summed E-state index contributed by atoms with van der Waals surface area (Å²) in [6, 6.07) is 18.1. The lowest BCUT2D eigenvalue weighted by atomic mass is 9.75. The Morgan fingerprint density at radius 2 is 1.81 bits per heavy atom. The molecule has 0 heterocycles. The highest BCUT2D eigenvalue weighted by molar-refractivity contribution is 6.20. The number of ether oxygens (including phenoxy) is 1. The zero-order valence-corrected chi connectivity index (χ0v) is 16.3. The third-order valence-electron chi connectivity index (χ3n) is 5.19. The van der Waals surface area contributed by atoms with Gasteiger partial charge in [0.2, 0.25) is 0 Å². The predicted molar refractivity (Wildman–Crippen MR) is 108 cm³/mol. The van der Waals surface area contributed by atoms with E-state index >= 15 is 0 Å². The lowest BCUT2D eigenvalue weighted by Crippen LogP contribution is -2.38. The molecular formula is C23H24ClNO2. The van der Waals surface area contributed by atoms with Crippen LogP contribution in [0.4, 0.5) is 0 Å². The van der Waals surface area contributed by atoms with Crippen molar-refractivity contribution < 1.29 is 9.53 Å². The Hall–Kier alpha value is -2.31. The second-order valence-corrected chi connectivity index (χ2v) is 7.87. The van der Waals surface area contributed by atoms with Gasteiger partial charge in [-0.05, 0) is 60.9 Å². The van der Waals surface area contributed by atoms with Gasteiger partial charge in [0.1, 0.15) is 5.75 Å². The third-order valence-corrected chi connectivity index (χ3v) is 5.56. The quantitative estimate of drug-likeness (QED) is 0.368. The van der Waals surface area contributed by atoms with E-state index in [9.17, 15) is 10.1 Å². The molecule has 0 radical (unpaired) electrons. The Bertz CT molecular complexity index is 823. The Labute approximate surface area is 165 Å². The number of esters is 1. The monoisotopic (exact) mass is 381 g/mol. The molecule has 2 unspecified atom stereocenters. The molecule has 4 heteroatoms. The fraction of sp³-hybridized carbons (Fsp3) is 0.391. The van der Waals surface area contributed by atoms with Crippen LogP contribution in [0.5, 0.6) is 5.75 Å². The average molecular weight is 382 g/mol. The first-order chi connectivity index (χ1) is 13.1. The van der Waals surface area contributed by atoms with Crippen molar-refractivity contribution in [1.29, 1.82) is 5.26 Å². The van der Waals surface area contributed by atoms with E-state index in [4.69, 9.17) is 16.3 Å². The molecule has 2 aromatic carbocycles. The lowest BCUT2D eigenvalue weighted by molar-refractivity contribution is -0.144. The molecular weight excluding hydrogens is 358 g/mol. The van der Waals surface area contributed by atoms with Crippen LogP contribution in [0.2, 0.25) is 0 Å². The van der Waals surface area contributed by atoms with Gasteiger partial charge >= 0.3 is 5.97 Å². The summed E-state index contributed by atoms with van der Waals surface area (Å²) >= 11 is 6.19. The molecule has 1 fully saturated rings. The normalized spacial score (nSPS) is 22.0. The van der Waals surface area contributed by atoms with Crippen LogP contribution < -0.4 is 4.74 Å². The molecule has 3 rings (SSSR count). The molecule has 1 saturated carbocycles. The van der Waals surface area contributed by atoms with Crippen molar-refractivity contribution in [2.45, 2.75) is 50.8 Å². The summed E-state index contributed by atoms with van der Waals surface area (Å²) in [5.74, 6) is -0.0373. The number of aryl methyl sites for hydroxylation is 1. The number of halogens is 1. The Morgan fingerprint density at radius 1 is 1.19 bits per heavy atom. The smallest absolute Gasteiger partial charge is 0.331 e. The second kappa shape index (κ2) is 8.59. The van der Waals surface area contributed by atoms with Crippen LogP contribution in [0.25, 0.3) is 11.1 Å². The first kappa shape index (κ1) is 19.5. The van der Waals surface area contributed by atoms with E-state index in [0.29, 0.717) is 18.6 Å². The number of carbonyl (C=O) groups is 1. The van der Waals surface area contributed by atoms with Gasteiger partial charge in [0.05, 0.1) is 6.07 Å². The summed E-state index contributed by atoms with van der Waals surface area (Å²) in [7, 11) is 0. The molecule has 0 aromatic heterocycles. The molecule has 0 saturated heterocycles. The van der Waals surface area contributed by atoms with Crippen LogP contribution >= 0.6 is 11.6 Å². The van der Waals surface area contributed by atoms with Crippen molar-refractivity contribution in [3.63, 3.8) is 0 Å². The molecule has 0 amide bonds. The van der Waals surface area contributed by atoms with Gasteiger partial charge in [-0.15, -0.1) is 11.6 Å². The standard InChI is InChI=1S/C23H24ClNO2/c1-2-4-17-6-8-18(9-7-17)19-10-12-21(13-11-19)27-22(26)23(16-25)14-3-5-20(24)15-23/h6-13,20H,2-5,14-15H2,1H3. The van der Waals surface area contributed by atoms with Crippen molar-refractivity contribution in [2.24, 2.45) is 5.41 Å². The zero-order chi connectivity index (χ0) is 19.3. The van der Waals surface area contributed by atoms with Gasteiger partial charge in [-0.2, -0.15) is 5.26 Å². The molecule has 0 spiro atoms. The molecule has 0 aliphatic heterocycles. The maximum atomic E-state index is 12.6. The minimum absolute atomic E-state index is 0.149. The van der Waals surface area contributed by atoms with Crippen molar-refractivity contribution in [1.82, 2.24) is 0 Å². The fourth-order valence-corrected chi connectivity index (χ4v) is 4.03. The first-order valence-electron chi connectivity index (χ1n) is 9.53. The van der Waals surface area contributed by atoms with Gasteiger partial charge in [-0.1, -0.05) is 49.7 Å². The van der Waals surface area contributed by atoms with Gasteiger partial charge in [-0.3, -0.25) is 0 Å². The van der Waals surface area contributed by atoms with Crippen LogP contribution in [0, 0.1) is 16.7 Å². The topological polar surface area (TPSA) is 50.1 Å². The zero-order valence-electron chi connectivity index (χ0n) is 15.6. The van der Waals surface area contributed by atoms with Gasteiger partial charge in [0, 0.05) is 5.38 Å². The van der Waals surface area contributed by atoms with Crippen LogP contribution in [-0.4, -0.2) is 11.3 Å². The van der Waals surface area contributed by atoms with Crippen LogP contribution in [0.15, 0.2) is 48.5 Å². The largest absolute Gasteiger partial charge is 0.425 e. The summed E-state index contributed by atoms with van der Waals surface area (Å²) in [6.07, 6.45) is 4.68. The molecule has 2 atom stereocenters. The Morgan fingerprint density at radius 3 is 2.37 bits per heavy atom. The summed E-state index contributed by atoms with van der Waals surface area (Å²) < 4.78 is 5.52. The highest BCUT2D eigenvalue weighted by Gasteiger charge is 2.44. The maximum Gasteiger partial charge on any atom is 0.331 e. The SMILES string of the molecule is CCCc1ccc(-c2ccc(OC(=O)C3(C#N)CCCC(Cl)C3)cc2)cc1. The van der Waals surface area contributed by atoms with Gasteiger partial charge in [0.25, 0.3) is 0 Å². The average Bonchev–Trinajstić information content (AvgIpc) is 2.69. The molecule has 1 aliphatic carbocycles. The Kier molecular flexibility index (Phi) is 6.19. The fourth-order valence-electron chi connectivity index (χ4n) is 3.61. The molecule has 27 heavy (non-hydrogen) atoms. The lowest BCUT2D eigenvalue weighted by Gasteiger charge is -2.30. The van der Waals surface area contributed by atoms with E-state index in [2.05, 4.69) is 37.3 Å². The first-order valence-corrected chi connectivity index (χ1v) is 9.97. The number of benzene rings is 2. The highest BCUT2D eigenvalue weighted by Crippen LogP contribution is 2.39. The van der Waals surface area contributed by atoms with Crippen molar-refractivity contribution in [2.75, 3.05) is 0 Å². The van der Waals surface area contributed by atoms with E-state index in [0.717, 1.165) is 36.8 Å². The van der Waals surface area contributed by atoms with Gasteiger partial charge in [0.15, 0.2) is 5.41 Å². The summed E-state index contributed by atoms with van der Waals surface area (Å²) in [5, 5.41) is 9.40. The van der Waals surface area contributed by atoms with E-state index in [1.165, 1.54) is 5.56 Å². The predicted octanol–water partition coefficient (Wildman–Crippen LogP) is 5.90. The Balaban J connectivity index is 1.70. The molecule has 1 aliphatic rings. The van der Waals surface area contributed by atoms with E-state index in [1.54, 1.807) is 12.1 Å². The molecule has 0 bridgehead atoms. The van der Waals surface area contributed by atoms with Gasteiger partial charge < -0.3 is 4.74 Å². The molecule has 140 valence electrons. The van der Waals surface area contributed by atoms with Gasteiger partial charge in [-0.25, -0.2) is 4.79 Å². The van der Waals surface area contributed by atoms with E-state index in [1.807, 2.05) is 12.1 Å².